The maximum atomic E-state index is 13.7. The van der Waals surface area contributed by atoms with Crippen molar-refractivity contribution in [1.82, 2.24) is 10.2 Å². The van der Waals surface area contributed by atoms with Crippen LogP contribution in [-0.4, -0.2) is 35.9 Å². The average molecular weight is 453 g/mol. The lowest BCUT2D eigenvalue weighted by Crippen LogP contribution is -2.48. The smallest absolute Gasteiger partial charge is 0.325 e. The number of nitrogens with one attached hydrogen (secondary N) is 1. The Morgan fingerprint density at radius 1 is 0.971 bits per heavy atom. The van der Waals surface area contributed by atoms with Crippen LogP contribution in [0.4, 0.5) is 10.5 Å². The number of benzene rings is 3. The molecule has 3 aromatic rings. The molecule has 170 valence electrons. The van der Waals surface area contributed by atoms with E-state index in [2.05, 4.69) is 5.32 Å². The van der Waals surface area contributed by atoms with Gasteiger partial charge in [-0.25, -0.2) is 4.79 Å². The molecule has 34 heavy (non-hydrogen) atoms. The van der Waals surface area contributed by atoms with Crippen LogP contribution in [0.5, 0.6) is 5.75 Å². The van der Waals surface area contributed by atoms with Crippen molar-refractivity contribution in [3.8, 4) is 5.75 Å². The number of hydrogen-bond acceptors (Lipinski definition) is 4. The Bertz CT molecular complexity index is 1310. The molecule has 1 spiro atoms. The molecule has 1 N–H and O–H groups in total. The van der Waals surface area contributed by atoms with E-state index in [1.54, 1.807) is 4.90 Å². The maximum absolute atomic E-state index is 13.7. The number of ether oxygens (including phenoxy) is 1. The summed E-state index contributed by atoms with van der Waals surface area (Å²) in [6, 6.07) is 23.7. The highest BCUT2D eigenvalue weighted by atomic mass is 16.5. The molecule has 0 saturated carbocycles. The first kappa shape index (κ1) is 20.5. The number of hydrogen-bond donors (Lipinski definition) is 1. The van der Waals surface area contributed by atoms with Crippen molar-refractivity contribution in [1.29, 1.82) is 0 Å². The van der Waals surface area contributed by atoms with Gasteiger partial charge in [0, 0.05) is 0 Å². The summed E-state index contributed by atoms with van der Waals surface area (Å²) < 4.78 is 5.94. The molecule has 2 heterocycles. The van der Waals surface area contributed by atoms with Gasteiger partial charge < -0.3 is 10.1 Å². The predicted molar refractivity (Wildman–Crippen MR) is 125 cm³/mol. The van der Waals surface area contributed by atoms with Gasteiger partial charge in [0.25, 0.3) is 5.91 Å². The third-order valence-electron chi connectivity index (χ3n) is 7.00. The molecule has 7 nitrogen and oxygen atoms in total. The summed E-state index contributed by atoms with van der Waals surface area (Å²) >= 11 is 0. The highest BCUT2D eigenvalue weighted by molar-refractivity contribution is 6.11. The number of rotatable bonds is 3. The zero-order chi connectivity index (χ0) is 23.3. The SMILES string of the molecule is O=C1N[C@]2(CCc3ccccc32)C(=O)N1CC(=O)N1c2ccccc2OC[C@@H]1c1ccccc1. The molecular weight excluding hydrogens is 430 g/mol. The van der Waals surface area contributed by atoms with E-state index in [4.69, 9.17) is 4.74 Å². The highest BCUT2D eigenvalue weighted by Gasteiger charge is 2.55. The normalized spacial score (nSPS) is 22.9. The van der Waals surface area contributed by atoms with E-state index in [0.29, 0.717) is 24.3 Å². The van der Waals surface area contributed by atoms with Gasteiger partial charge in [-0.2, -0.15) is 0 Å². The largest absolute Gasteiger partial charge is 0.489 e. The van der Waals surface area contributed by atoms with Crippen molar-refractivity contribution >= 4 is 23.5 Å². The number of nitrogens with zero attached hydrogens (tertiary/aromatic N) is 2. The Labute approximate surface area is 196 Å². The van der Waals surface area contributed by atoms with E-state index in [9.17, 15) is 14.4 Å². The third kappa shape index (κ3) is 3.00. The highest BCUT2D eigenvalue weighted by Crippen LogP contribution is 2.42. The number of fused-ring (bicyclic) bond motifs is 3. The van der Waals surface area contributed by atoms with Gasteiger partial charge in [-0.15, -0.1) is 0 Å². The molecule has 0 radical (unpaired) electrons. The summed E-state index contributed by atoms with van der Waals surface area (Å²) in [5.41, 5.74) is 2.33. The second-order valence-electron chi connectivity index (χ2n) is 8.85. The van der Waals surface area contributed by atoms with Gasteiger partial charge in [-0.05, 0) is 41.7 Å². The molecule has 2 aliphatic heterocycles. The van der Waals surface area contributed by atoms with E-state index in [1.807, 2.05) is 78.9 Å². The number of carbonyl (C=O) groups excluding carboxylic acids is 3. The minimum Gasteiger partial charge on any atom is -0.489 e. The molecule has 2 atom stereocenters. The van der Waals surface area contributed by atoms with Crippen molar-refractivity contribution < 1.29 is 19.1 Å². The molecule has 0 bridgehead atoms. The molecule has 0 aromatic heterocycles. The Balaban J connectivity index is 1.33. The molecule has 4 amide bonds. The third-order valence-corrected chi connectivity index (χ3v) is 7.00. The molecule has 6 rings (SSSR count). The predicted octanol–water partition coefficient (Wildman–Crippen LogP) is 3.55. The lowest BCUT2D eigenvalue weighted by molar-refractivity contribution is -0.134. The Morgan fingerprint density at radius 3 is 2.56 bits per heavy atom. The molecule has 1 saturated heterocycles. The van der Waals surface area contributed by atoms with E-state index in [-0.39, 0.29) is 31.0 Å². The van der Waals surface area contributed by atoms with Crippen LogP contribution in [-0.2, 0) is 21.5 Å². The van der Waals surface area contributed by atoms with Gasteiger partial charge >= 0.3 is 6.03 Å². The fourth-order valence-corrected chi connectivity index (χ4v) is 5.36. The van der Waals surface area contributed by atoms with Gasteiger partial charge in [0.05, 0.1) is 11.7 Å². The zero-order valence-corrected chi connectivity index (χ0v) is 18.4. The number of carbonyl (C=O) groups is 3. The number of anilines is 1. The van der Waals surface area contributed by atoms with Crippen LogP contribution in [0.15, 0.2) is 78.9 Å². The van der Waals surface area contributed by atoms with Crippen LogP contribution in [0.1, 0.15) is 29.2 Å². The second kappa shape index (κ2) is 7.73. The first-order chi connectivity index (χ1) is 16.6. The van der Waals surface area contributed by atoms with Crippen LogP contribution in [0.2, 0.25) is 0 Å². The van der Waals surface area contributed by atoms with E-state index < -0.39 is 11.6 Å². The minimum atomic E-state index is -1.09. The average Bonchev–Trinajstić information content (AvgIpc) is 3.36. The number of aryl methyl sites for hydroxylation is 1. The summed E-state index contributed by atoms with van der Waals surface area (Å²) in [4.78, 5) is 43.0. The van der Waals surface area contributed by atoms with Crippen LogP contribution in [0.25, 0.3) is 0 Å². The van der Waals surface area contributed by atoms with Crippen molar-refractivity contribution in [3.63, 3.8) is 0 Å². The van der Waals surface area contributed by atoms with E-state index >= 15 is 0 Å². The van der Waals surface area contributed by atoms with Gasteiger partial charge in [0.15, 0.2) is 0 Å². The number of para-hydroxylation sites is 2. The number of urea groups is 1. The topological polar surface area (TPSA) is 79.0 Å². The standard InChI is InChI=1S/C27H23N3O4/c31-24(16-29-25(32)27(28-26(29)33)15-14-18-8-4-5-11-20(18)27)30-21-12-6-7-13-23(21)34-17-22(30)19-9-2-1-3-10-19/h1-13,22H,14-17H2,(H,28,33)/t22-,27+/m1/s1. The van der Waals surface area contributed by atoms with Crippen LogP contribution < -0.4 is 15.0 Å². The van der Waals surface area contributed by atoms with Crippen LogP contribution >= 0.6 is 0 Å². The minimum absolute atomic E-state index is 0.282. The number of amides is 4. The fourth-order valence-electron chi connectivity index (χ4n) is 5.36. The quantitative estimate of drug-likeness (QED) is 0.616. The van der Waals surface area contributed by atoms with Crippen LogP contribution in [0.3, 0.4) is 0 Å². The summed E-state index contributed by atoms with van der Waals surface area (Å²) in [5.74, 6) is -0.105. The molecule has 3 aromatic carbocycles. The molecule has 1 fully saturated rings. The summed E-state index contributed by atoms with van der Waals surface area (Å²) in [7, 11) is 0. The van der Waals surface area contributed by atoms with Gasteiger partial charge in [-0.1, -0.05) is 66.7 Å². The summed E-state index contributed by atoms with van der Waals surface area (Å²) in [5, 5.41) is 2.90. The van der Waals surface area contributed by atoms with Crippen molar-refractivity contribution in [3.05, 3.63) is 95.6 Å². The second-order valence-corrected chi connectivity index (χ2v) is 8.85. The van der Waals surface area contributed by atoms with Gasteiger partial charge in [0.2, 0.25) is 5.91 Å². The monoisotopic (exact) mass is 453 g/mol. The fraction of sp³-hybridized carbons (Fsp3) is 0.222. The molecule has 3 aliphatic rings. The maximum Gasteiger partial charge on any atom is 0.325 e. The van der Waals surface area contributed by atoms with Crippen molar-refractivity contribution in [2.45, 2.75) is 24.4 Å². The van der Waals surface area contributed by atoms with Crippen LogP contribution in [0, 0.1) is 0 Å². The first-order valence-corrected chi connectivity index (χ1v) is 11.4. The molecule has 0 unspecified atom stereocenters. The first-order valence-electron chi connectivity index (χ1n) is 11.4. The molecular formula is C27H23N3O4. The van der Waals surface area contributed by atoms with Gasteiger partial charge in [0.1, 0.15) is 24.4 Å². The van der Waals surface area contributed by atoms with Crippen molar-refractivity contribution in [2.75, 3.05) is 18.1 Å². The van der Waals surface area contributed by atoms with Crippen molar-refractivity contribution in [2.24, 2.45) is 0 Å². The van der Waals surface area contributed by atoms with Gasteiger partial charge in [-0.3, -0.25) is 19.4 Å². The Kier molecular flexibility index (Phi) is 4.65. The summed E-state index contributed by atoms with van der Waals surface area (Å²) in [6.07, 6.45) is 1.20. The lowest BCUT2D eigenvalue weighted by atomic mass is 9.92. The van der Waals surface area contributed by atoms with E-state index in [1.165, 1.54) is 0 Å². The molecule has 1 aliphatic carbocycles. The zero-order valence-electron chi connectivity index (χ0n) is 18.4. The Hall–Kier alpha value is -4.13. The summed E-state index contributed by atoms with van der Waals surface area (Å²) in [6.45, 7) is -0.0591. The molecule has 7 heteroatoms. The van der Waals surface area contributed by atoms with E-state index in [0.717, 1.165) is 21.6 Å². The number of imide groups is 1. The Morgan fingerprint density at radius 2 is 1.71 bits per heavy atom. The lowest BCUT2D eigenvalue weighted by Gasteiger charge is -2.37.